The maximum atomic E-state index is 13.7. The molecule has 1 unspecified atom stereocenters. The molecule has 1 aromatic rings. The summed E-state index contributed by atoms with van der Waals surface area (Å²) in [5, 5.41) is 9.34. The molecule has 0 bridgehead atoms. The lowest BCUT2D eigenvalue weighted by atomic mass is 9.99. The maximum Gasteiger partial charge on any atom is 0.165 e. The molecule has 0 aliphatic carbocycles. The molecule has 1 heterocycles. The number of nitrogens with zero attached hydrogens (tertiary/aromatic N) is 3. The summed E-state index contributed by atoms with van der Waals surface area (Å²) in [5.41, 5.74) is 0.713. The molecule has 20 heavy (non-hydrogen) atoms. The van der Waals surface area contributed by atoms with Crippen molar-refractivity contribution in [1.82, 2.24) is 9.80 Å². The fourth-order valence-corrected chi connectivity index (χ4v) is 2.41. The van der Waals surface area contributed by atoms with Crippen LogP contribution in [0.3, 0.4) is 0 Å². The number of halogens is 1. The molecule has 1 saturated heterocycles. The zero-order chi connectivity index (χ0) is 14.5. The summed E-state index contributed by atoms with van der Waals surface area (Å²) in [5.74, 6) is -0.507. The van der Waals surface area contributed by atoms with Crippen LogP contribution in [0.15, 0.2) is 18.2 Å². The highest BCUT2D eigenvalue weighted by molar-refractivity contribution is 5.33. The Kier molecular flexibility index (Phi) is 4.94. The molecule has 1 aliphatic heterocycles. The lowest BCUT2D eigenvalue weighted by Gasteiger charge is -2.33. The second-order valence-corrected chi connectivity index (χ2v) is 5.18. The molecule has 0 amide bonds. The quantitative estimate of drug-likeness (QED) is 0.839. The van der Waals surface area contributed by atoms with Gasteiger partial charge in [-0.25, -0.2) is 4.39 Å². The van der Waals surface area contributed by atoms with Gasteiger partial charge in [0.1, 0.15) is 0 Å². The molecule has 5 heteroatoms. The van der Waals surface area contributed by atoms with Crippen molar-refractivity contribution >= 4 is 0 Å². The summed E-state index contributed by atoms with van der Waals surface area (Å²) in [6, 6.07) is 7.04. The van der Waals surface area contributed by atoms with Gasteiger partial charge in [0.15, 0.2) is 11.6 Å². The largest absolute Gasteiger partial charge is 0.494 e. The zero-order valence-corrected chi connectivity index (χ0v) is 12.0. The molecule has 108 valence electrons. The minimum Gasteiger partial charge on any atom is -0.494 e. The van der Waals surface area contributed by atoms with Gasteiger partial charge >= 0.3 is 0 Å². The van der Waals surface area contributed by atoms with Crippen LogP contribution in [0, 0.1) is 17.1 Å². The second-order valence-electron chi connectivity index (χ2n) is 5.18. The van der Waals surface area contributed by atoms with Gasteiger partial charge in [0.25, 0.3) is 0 Å². The van der Waals surface area contributed by atoms with Crippen molar-refractivity contribution in [2.45, 2.75) is 5.92 Å². The van der Waals surface area contributed by atoms with Crippen LogP contribution in [-0.2, 0) is 0 Å². The van der Waals surface area contributed by atoms with Gasteiger partial charge in [-0.1, -0.05) is 6.07 Å². The number of likely N-dealkylation sites (N-methyl/N-ethyl adjacent to an activating group) is 1. The van der Waals surface area contributed by atoms with Crippen molar-refractivity contribution < 1.29 is 9.13 Å². The Bertz CT molecular complexity index is 492. The molecule has 0 saturated carbocycles. The first-order valence-electron chi connectivity index (χ1n) is 6.78. The molecule has 1 fully saturated rings. The second kappa shape index (κ2) is 6.69. The van der Waals surface area contributed by atoms with E-state index in [-0.39, 0.29) is 11.7 Å². The third-order valence-corrected chi connectivity index (χ3v) is 3.77. The molecular formula is C15H20FN3O. The van der Waals surface area contributed by atoms with E-state index in [1.165, 1.54) is 13.2 Å². The van der Waals surface area contributed by atoms with E-state index in [0.29, 0.717) is 12.1 Å². The Morgan fingerprint density at radius 3 is 2.60 bits per heavy atom. The van der Waals surface area contributed by atoms with E-state index in [4.69, 9.17) is 4.74 Å². The van der Waals surface area contributed by atoms with Gasteiger partial charge < -0.3 is 9.64 Å². The molecule has 1 atom stereocenters. The summed E-state index contributed by atoms with van der Waals surface area (Å²) in [6.45, 7) is 4.57. The Hall–Kier alpha value is -1.64. The van der Waals surface area contributed by atoms with Crippen LogP contribution in [0.2, 0.25) is 0 Å². The number of rotatable bonds is 4. The molecule has 0 radical (unpaired) electrons. The van der Waals surface area contributed by atoms with Crippen molar-refractivity contribution in [2.75, 3.05) is 46.9 Å². The Labute approximate surface area is 119 Å². The molecule has 0 spiro atoms. The minimum atomic E-state index is -0.413. The highest BCUT2D eigenvalue weighted by Gasteiger charge is 2.20. The normalized spacial score (nSPS) is 18.5. The first-order valence-corrected chi connectivity index (χ1v) is 6.78. The third-order valence-electron chi connectivity index (χ3n) is 3.77. The standard InChI is InChI=1S/C15H20FN3O/c1-18-5-7-19(8-6-18)11-13(10-17)12-3-4-15(20-2)14(16)9-12/h3-4,9,13H,5-8,11H2,1-2H3. The summed E-state index contributed by atoms with van der Waals surface area (Å²) < 4.78 is 18.6. The number of ether oxygens (including phenoxy) is 1. The average molecular weight is 277 g/mol. The molecule has 1 aromatic carbocycles. The summed E-state index contributed by atoms with van der Waals surface area (Å²) in [7, 11) is 3.53. The van der Waals surface area contributed by atoms with Gasteiger partial charge in [-0.05, 0) is 24.7 Å². The number of benzene rings is 1. The summed E-state index contributed by atoms with van der Waals surface area (Å²) in [6.07, 6.45) is 0. The topological polar surface area (TPSA) is 39.5 Å². The number of methoxy groups -OCH3 is 1. The van der Waals surface area contributed by atoms with Gasteiger partial charge in [-0.15, -0.1) is 0 Å². The maximum absolute atomic E-state index is 13.7. The predicted molar refractivity (Wildman–Crippen MR) is 75.2 cm³/mol. The van der Waals surface area contributed by atoms with Gasteiger partial charge in [-0.3, -0.25) is 4.90 Å². The van der Waals surface area contributed by atoms with Crippen molar-refractivity contribution in [2.24, 2.45) is 0 Å². The SMILES string of the molecule is COc1ccc(C(C#N)CN2CCN(C)CC2)cc1F. The lowest BCUT2D eigenvalue weighted by Crippen LogP contribution is -2.45. The predicted octanol–water partition coefficient (Wildman–Crippen LogP) is 1.69. The van der Waals surface area contributed by atoms with Crippen LogP contribution in [0.25, 0.3) is 0 Å². The number of hydrogen-bond acceptors (Lipinski definition) is 4. The van der Waals surface area contributed by atoms with E-state index in [9.17, 15) is 9.65 Å². The molecule has 0 aromatic heterocycles. The fraction of sp³-hybridized carbons (Fsp3) is 0.533. The van der Waals surface area contributed by atoms with Crippen molar-refractivity contribution in [3.63, 3.8) is 0 Å². The lowest BCUT2D eigenvalue weighted by molar-refractivity contribution is 0.152. The first kappa shape index (κ1) is 14.8. The molecule has 4 nitrogen and oxygen atoms in total. The van der Waals surface area contributed by atoms with Crippen LogP contribution >= 0.6 is 0 Å². The highest BCUT2D eigenvalue weighted by atomic mass is 19.1. The average Bonchev–Trinajstić information content (AvgIpc) is 2.46. The monoisotopic (exact) mass is 277 g/mol. The summed E-state index contributed by atoms with van der Waals surface area (Å²) >= 11 is 0. The van der Waals surface area contributed by atoms with Crippen molar-refractivity contribution in [1.29, 1.82) is 5.26 Å². The van der Waals surface area contributed by atoms with Crippen LogP contribution in [0.4, 0.5) is 4.39 Å². The van der Waals surface area contributed by atoms with Crippen molar-refractivity contribution in [3.8, 4) is 11.8 Å². The minimum absolute atomic E-state index is 0.213. The van der Waals surface area contributed by atoms with E-state index in [0.717, 1.165) is 26.2 Å². The number of piperazine rings is 1. The van der Waals surface area contributed by atoms with Crippen LogP contribution in [-0.4, -0.2) is 56.7 Å². The molecular weight excluding hydrogens is 257 g/mol. The Morgan fingerprint density at radius 2 is 2.05 bits per heavy atom. The van der Waals surface area contributed by atoms with Gasteiger partial charge in [0.2, 0.25) is 0 Å². The smallest absolute Gasteiger partial charge is 0.165 e. The van der Waals surface area contributed by atoms with Gasteiger partial charge in [0.05, 0.1) is 19.1 Å². The van der Waals surface area contributed by atoms with Crippen LogP contribution in [0.1, 0.15) is 11.5 Å². The molecule has 1 aliphatic rings. The van der Waals surface area contributed by atoms with E-state index >= 15 is 0 Å². The molecule has 2 rings (SSSR count). The van der Waals surface area contributed by atoms with E-state index in [1.807, 2.05) is 0 Å². The third kappa shape index (κ3) is 3.47. The van der Waals surface area contributed by atoms with E-state index in [2.05, 4.69) is 22.9 Å². The van der Waals surface area contributed by atoms with Gasteiger partial charge in [0, 0.05) is 32.7 Å². The van der Waals surface area contributed by atoms with Crippen molar-refractivity contribution in [3.05, 3.63) is 29.6 Å². The van der Waals surface area contributed by atoms with Crippen LogP contribution in [0.5, 0.6) is 5.75 Å². The van der Waals surface area contributed by atoms with Gasteiger partial charge in [-0.2, -0.15) is 5.26 Å². The van der Waals surface area contributed by atoms with Crippen LogP contribution < -0.4 is 4.74 Å². The zero-order valence-electron chi connectivity index (χ0n) is 12.0. The summed E-state index contributed by atoms with van der Waals surface area (Å²) in [4.78, 5) is 4.53. The number of nitriles is 1. The van der Waals surface area contributed by atoms with E-state index in [1.54, 1.807) is 12.1 Å². The Morgan fingerprint density at radius 1 is 1.35 bits per heavy atom. The fourth-order valence-electron chi connectivity index (χ4n) is 2.41. The Balaban J connectivity index is 2.05. The first-order chi connectivity index (χ1) is 9.63. The highest BCUT2D eigenvalue weighted by Crippen LogP contribution is 2.23. The van der Waals surface area contributed by atoms with E-state index < -0.39 is 5.82 Å². The molecule has 0 N–H and O–H groups in total. The number of hydrogen-bond donors (Lipinski definition) is 0.